The van der Waals surface area contributed by atoms with Crippen LogP contribution in [0, 0.1) is 0 Å². The Kier molecular flexibility index (Phi) is 5.29. The van der Waals surface area contributed by atoms with E-state index in [1.807, 2.05) is 30.1 Å². The largest absolute Gasteiger partial charge is 0.486 e. The average molecular weight is 332 g/mol. The van der Waals surface area contributed by atoms with Crippen molar-refractivity contribution in [3.63, 3.8) is 0 Å². The molecule has 1 aliphatic carbocycles. The minimum Gasteiger partial charge on any atom is -0.486 e. The molecule has 0 radical (unpaired) electrons. The average Bonchev–Trinajstić information content (AvgIpc) is 2.61. The molecule has 5 heteroatoms. The van der Waals surface area contributed by atoms with Crippen molar-refractivity contribution in [3.05, 3.63) is 23.8 Å². The van der Waals surface area contributed by atoms with Gasteiger partial charge in [0.25, 0.3) is 0 Å². The number of hydrogen-bond donors (Lipinski definition) is 0. The summed E-state index contributed by atoms with van der Waals surface area (Å²) < 4.78 is 11.2. The SMILES string of the molecule is CN(C)C1CCCCC1N(C)C(=O)Cc1ccc2c(c1)OCCO2. The van der Waals surface area contributed by atoms with Crippen LogP contribution in [0.3, 0.4) is 0 Å². The molecule has 0 aromatic heterocycles. The molecule has 0 N–H and O–H groups in total. The molecule has 5 nitrogen and oxygen atoms in total. The molecule has 24 heavy (non-hydrogen) atoms. The van der Waals surface area contributed by atoms with Crippen LogP contribution in [0.15, 0.2) is 18.2 Å². The molecular formula is C19H28N2O3. The maximum Gasteiger partial charge on any atom is 0.227 e. The zero-order chi connectivity index (χ0) is 17.1. The van der Waals surface area contributed by atoms with E-state index in [1.165, 1.54) is 19.3 Å². The summed E-state index contributed by atoms with van der Waals surface area (Å²) in [6, 6.07) is 6.56. The van der Waals surface area contributed by atoms with Crippen molar-refractivity contribution in [2.24, 2.45) is 0 Å². The molecule has 0 saturated heterocycles. The molecule has 3 rings (SSSR count). The zero-order valence-corrected chi connectivity index (χ0v) is 15.0. The van der Waals surface area contributed by atoms with Gasteiger partial charge >= 0.3 is 0 Å². The lowest BCUT2D eigenvalue weighted by molar-refractivity contribution is -0.133. The molecule has 1 aromatic rings. The van der Waals surface area contributed by atoms with Gasteiger partial charge in [0.2, 0.25) is 5.91 Å². The van der Waals surface area contributed by atoms with E-state index < -0.39 is 0 Å². The van der Waals surface area contributed by atoms with Crippen molar-refractivity contribution in [3.8, 4) is 11.5 Å². The molecule has 1 heterocycles. The number of hydrogen-bond acceptors (Lipinski definition) is 4. The number of fused-ring (bicyclic) bond motifs is 1. The standard InChI is InChI=1S/C19H28N2O3/c1-20(2)15-6-4-5-7-16(15)21(3)19(22)13-14-8-9-17-18(12-14)24-11-10-23-17/h8-9,12,15-16H,4-7,10-11,13H2,1-3H3. The zero-order valence-electron chi connectivity index (χ0n) is 15.0. The number of amides is 1. The second kappa shape index (κ2) is 7.43. The Labute approximate surface area is 144 Å². The van der Waals surface area contributed by atoms with Gasteiger partial charge in [-0.3, -0.25) is 4.79 Å². The summed E-state index contributed by atoms with van der Waals surface area (Å²) in [5, 5.41) is 0. The van der Waals surface area contributed by atoms with E-state index in [0.29, 0.717) is 31.7 Å². The lowest BCUT2D eigenvalue weighted by atomic mass is 9.88. The molecule has 1 amide bonds. The first-order valence-electron chi connectivity index (χ1n) is 8.87. The Hall–Kier alpha value is -1.75. The van der Waals surface area contributed by atoms with Crippen LogP contribution in [-0.2, 0) is 11.2 Å². The molecule has 1 fully saturated rings. The summed E-state index contributed by atoms with van der Waals surface area (Å²) in [7, 11) is 6.18. The fourth-order valence-corrected chi connectivity index (χ4v) is 3.83. The van der Waals surface area contributed by atoms with E-state index in [4.69, 9.17) is 9.47 Å². The Balaban J connectivity index is 1.67. The molecule has 2 atom stereocenters. The predicted molar refractivity (Wildman–Crippen MR) is 93.6 cm³/mol. The fourth-order valence-electron chi connectivity index (χ4n) is 3.83. The third-order valence-electron chi connectivity index (χ3n) is 5.21. The molecule has 0 bridgehead atoms. The van der Waals surface area contributed by atoms with E-state index >= 15 is 0 Å². The highest BCUT2D eigenvalue weighted by atomic mass is 16.6. The highest BCUT2D eigenvalue weighted by Crippen LogP contribution is 2.31. The second-order valence-electron chi connectivity index (χ2n) is 7.04. The van der Waals surface area contributed by atoms with E-state index in [-0.39, 0.29) is 5.91 Å². The van der Waals surface area contributed by atoms with Crippen molar-refractivity contribution in [1.82, 2.24) is 9.80 Å². The molecule has 1 aromatic carbocycles. The number of nitrogens with zero attached hydrogens (tertiary/aromatic N) is 2. The maximum absolute atomic E-state index is 12.8. The van der Waals surface area contributed by atoms with E-state index in [2.05, 4.69) is 19.0 Å². The number of ether oxygens (including phenoxy) is 2. The van der Waals surface area contributed by atoms with Crippen LogP contribution in [0.2, 0.25) is 0 Å². The molecule has 2 aliphatic rings. The lowest BCUT2D eigenvalue weighted by Crippen LogP contribution is -2.52. The first-order valence-corrected chi connectivity index (χ1v) is 8.87. The number of benzene rings is 1. The van der Waals surface area contributed by atoms with Gasteiger partial charge in [-0.25, -0.2) is 0 Å². The van der Waals surface area contributed by atoms with Crippen molar-refractivity contribution in [2.45, 2.75) is 44.2 Å². The van der Waals surface area contributed by atoms with Crippen LogP contribution >= 0.6 is 0 Å². The van der Waals surface area contributed by atoms with Crippen LogP contribution in [0.1, 0.15) is 31.2 Å². The molecule has 132 valence electrons. The van der Waals surface area contributed by atoms with Gasteiger partial charge in [-0.15, -0.1) is 0 Å². The van der Waals surface area contributed by atoms with E-state index in [1.54, 1.807) is 0 Å². The van der Waals surface area contributed by atoms with Gasteiger partial charge in [-0.05, 0) is 44.6 Å². The summed E-state index contributed by atoms with van der Waals surface area (Å²) in [5.74, 6) is 1.69. The van der Waals surface area contributed by atoms with Gasteiger partial charge in [0.1, 0.15) is 13.2 Å². The third-order valence-corrected chi connectivity index (χ3v) is 5.21. The summed E-state index contributed by atoms with van der Waals surface area (Å²) in [6.45, 7) is 1.15. The Morgan fingerprint density at radius 3 is 2.42 bits per heavy atom. The van der Waals surface area contributed by atoms with Gasteiger partial charge in [0, 0.05) is 19.1 Å². The summed E-state index contributed by atoms with van der Waals surface area (Å²) in [4.78, 5) is 17.0. The monoisotopic (exact) mass is 332 g/mol. The van der Waals surface area contributed by atoms with E-state index in [9.17, 15) is 4.79 Å². The van der Waals surface area contributed by atoms with Gasteiger partial charge in [0.15, 0.2) is 11.5 Å². The van der Waals surface area contributed by atoms with Gasteiger partial charge in [0.05, 0.1) is 6.42 Å². The quantitative estimate of drug-likeness (QED) is 0.849. The minimum atomic E-state index is 0.172. The number of likely N-dealkylation sites (N-methyl/N-ethyl adjacent to an activating group) is 2. The van der Waals surface area contributed by atoms with Crippen LogP contribution in [0.25, 0.3) is 0 Å². The number of carbonyl (C=O) groups is 1. The highest BCUT2D eigenvalue weighted by molar-refractivity contribution is 5.79. The topological polar surface area (TPSA) is 42.0 Å². The van der Waals surface area contributed by atoms with E-state index in [0.717, 1.165) is 23.5 Å². The molecular weight excluding hydrogens is 304 g/mol. The van der Waals surface area contributed by atoms with Gasteiger partial charge in [-0.1, -0.05) is 18.9 Å². The fraction of sp³-hybridized carbons (Fsp3) is 0.632. The maximum atomic E-state index is 12.8. The Bertz CT molecular complexity index is 588. The number of rotatable bonds is 4. The smallest absolute Gasteiger partial charge is 0.227 e. The molecule has 1 saturated carbocycles. The molecule has 2 unspecified atom stereocenters. The van der Waals surface area contributed by atoms with Crippen LogP contribution in [0.4, 0.5) is 0 Å². The number of carbonyl (C=O) groups excluding carboxylic acids is 1. The van der Waals surface area contributed by atoms with Gasteiger partial charge < -0.3 is 19.3 Å². The van der Waals surface area contributed by atoms with Crippen molar-refractivity contribution in [1.29, 1.82) is 0 Å². The lowest BCUT2D eigenvalue weighted by Gasteiger charge is -2.41. The van der Waals surface area contributed by atoms with Crippen molar-refractivity contribution < 1.29 is 14.3 Å². The summed E-state index contributed by atoms with van der Waals surface area (Å²) in [5.41, 5.74) is 0.980. The normalized spacial score (nSPS) is 23.2. The third kappa shape index (κ3) is 3.66. The van der Waals surface area contributed by atoms with Crippen LogP contribution < -0.4 is 9.47 Å². The van der Waals surface area contributed by atoms with Crippen LogP contribution in [0.5, 0.6) is 11.5 Å². The van der Waals surface area contributed by atoms with Gasteiger partial charge in [-0.2, -0.15) is 0 Å². The Morgan fingerprint density at radius 2 is 1.71 bits per heavy atom. The highest BCUT2D eigenvalue weighted by Gasteiger charge is 2.32. The summed E-state index contributed by atoms with van der Waals surface area (Å²) in [6.07, 6.45) is 5.12. The Morgan fingerprint density at radius 1 is 1.04 bits per heavy atom. The minimum absolute atomic E-state index is 0.172. The van der Waals surface area contributed by atoms with Crippen molar-refractivity contribution >= 4 is 5.91 Å². The summed E-state index contributed by atoms with van der Waals surface area (Å²) >= 11 is 0. The van der Waals surface area contributed by atoms with Crippen molar-refractivity contribution in [2.75, 3.05) is 34.4 Å². The second-order valence-corrected chi connectivity index (χ2v) is 7.04. The molecule has 0 spiro atoms. The molecule has 1 aliphatic heterocycles. The first kappa shape index (κ1) is 17.1. The predicted octanol–water partition coefficient (Wildman–Crippen LogP) is 2.33. The van der Waals surface area contributed by atoms with Crippen LogP contribution in [-0.4, -0.2) is 62.1 Å². The first-order chi connectivity index (χ1) is 11.6.